The van der Waals surface area contributed by atoms with E-state index in [2.05, 4.69) is 34.8 Å². The Morgan fingerprint density at radius 3 is 2.90 bits per heavy atom. The van der Waals surface area contributed by atoms with Crippen LogP contribution in [0.1, 0.15) is 37.4 Å². The predicted octanol–water partition coefficient (Wildman–Crippen LogP) is 1.71. The first-order valence-corrected chi connectivity index (χ1v) is 7.87. The second-order valence-corrected chi connectivity index (χ2v) is 6.23. The molecule has 2 heterocycles. The summed E-state index contributed by atoms with van der Waals surface area (Å²) in [5, 5.41) is 16.2. The Labute approximate surface area is 128 Å². The highest BCUT2D eigenvalue weighted by Gasteiger charge is 2.11. The van der Waals surface area contributed by atoms with Crippen LogP contribution in [0.15, 0.2) is 23.7 Å². The van der Waals surface area contributed by atoms with Crippen molar-refractivity contribution in [2.24, 2.45) is 0 Å². The quantitative estimate of drug-likeness (QED) is 0.817. The minimum atomic E-state index is -0.0656. The summed E-state index contributed by atoms with van der Waals surface area (Å²) in [7, 11) is 0. The number of amides is 1. The number of carbonyl (C=O) groups excluding carboxylic acids is 1. The highest BCUT2D eigenvalue weighted by molar-refractivity contribution is 7.10. The number of hydrogen-bond acceptors (Lipinski definition) is 5. The lowest BCUT2D eigenvalue weighted by molar-refractivity contribution is -0.122. The van der Waals surface area contributed by atoms with Crippen LogP contribution in [0.5, 0.6) is 0 Å². The van der Waals surface area contributed by atoms with E-state index in [0.717, 1.165) is 10.6 Å². The van der Waals surface area contributed by atoms with E-state index < -0.39 is 0 Å². The molecule has 21 heavy (non-hydrogen) atoms. The summed E-state index contributed by atoms with van der Waals surface area (Å²) in [5.41, 5.74) is 0.836. The van der Waals surface area contributed by atoms with Crippen LogP contribution in [0, 0.1) is 0 Å². The molecule has 1 amide bonds. The number of nitrogens with zero attached hydrogens (tertiary/aromatic N) is 3. The van der Waals surface area contributed by atoms with Crippen LogP contribution in [0.4, 0.5) is 0 Å². The third kappa shape index (κ3) is 4.95. The number of hydrogen-bond donors (Lipinski definition) is 2. The SMILES string of the molecule is CC(C)NCc1cn(CC(=O)NC(C)c2cccs2)nn1. The molecule has 0 saturated heterocycles. The molecule has 1 unspecified atom stereocenters. The van der Waals surface area contributed by atoms with Crippen molar-refractivity contribution in [3.05, 3.63) is 34.3 Å². The summed E-state index contributed by atoms with van der Waals surface area (Å²) >= 11 is 1.63. The Bertz CT molecular complexity index is 564. The fraction of sp³-hybridized carbons (Fsp3) is 0.500. The number of nitrogens with one attached hydrogen (secondary N) is 2. The van der Waals surface area contributed by atoms with E-state index in [-0.39, 0.29) is 18.5 Å². The monoisotopic (exact) mass is 307 g/mol. The summed E-state index contributed by atoms with van der Waals surface area (Å²) < 4.78 is 1.56. The maximum absolute atomic E-state index is 12.0. The topological polar surface area (TPSA) is 71.8 Å². The van der Waals surface area contributed by atoms with Gasteiger partial charge in [-0.1, -0.05) is 25.1 Å². The van der Waals surface area contributed by atoms with Gasteiger partial charge in [-0.15, -0.1) is 16.4 Å². The summed E-state index contributed by atoms with van der Waals surface area (Å²) in [4.78, 5) is 13.1. The maximum Gasteiger partial charge on any atom is 0.242 e. The molecule has 0 aliphatic rings. The van der Waals surface area contributed by atoms with Crippen molar-refractivity contribution in [1.82, 2.24) is 25.6 Å². The van der Waals surface area contributed by atoms with E-state index in [1.165, 1.54) is 0 Å². The summed E-state index contributed by atoms with van der Waals surface area (Å²) in [5.74, 6) is -0.0656. The molecule has 1 atom stereocenters. The molecule has 2 rings (SSSR count). The second kappa shape index (κ2) is 7.33. The zero-order valence-electron chi connectivity index (χ0n) is 12.5. The van der Waals surface area contributed by atoms with Gasteiger partial charge in [0.2, 0.25) is 5.91 Å². The zero-order valence-corrected chi connectivity index (χ0v) is 13.4. The third-order valence-corrected chi connectivity index (χ3v) is 3.99. The smallest absolute Gasteiger partial charge is 0.242 e. The van der Waals surface area contributed by atoms with Gasteiger partial charge in [-0.05, 0) is 18.4 Å². The van der Waals surface area contributed by atoms with Crippen LogP contribution in [0.25, 0.3) is 0 Å². The summed E-state index contributed by atoms with van der Waals surface area (Å²) in [6.07, 6.45) is 1.80. The van der Waals surface area contributed by atoms with Crippen molar-refractivity contribution >= 4 is 17.2 Å². The standard InChI is InChI=1S/C14H21N5OS/c1-10(2)15-7-12-8-19(18-17-12)9-14(20)16-11(3)13-5-4-6-21-13/h4-6,8,10-11,15H,7,9H2,1-3H3,(H,16,20). The van der Waals surface area contributed by atoms with Crippen molar-refractivity contribution in [1.29, 1.82) is 0 Å². The minimum Gasteiger partial charge on any atom is -0.347 e. The molecule has 2 aromatic heterocycles. The van der Waals surface area contributed by atoms with Gasteiger partial charge in [0.25, 0.3) is 0 Å². The van der Waals surface area contributed by atoms with Crippen molar-refractivity contribution in [3.63, 3.8) is 0 Å². The van der Waals surface area contributed by atoms with Crippen molar-refractivity contribution in [3.8, 4) is 0 Å². The maximum atomic E-state index is 12.0. The summed E-state index contributed by atoms with van der Waals surface area (Å²) in [6, 6.07) is 4.41. The molecular weight excluding hydrogens is 286 g/mol. The molecule has 0 aliphatic carbocycles. The van der Waals surface area contributed by atoms with Crippen LogP contribution >= 0.6 is 11.3 Å². The van der Waals surface area contributed by atoms with E-state index >= 15 is 0 Å². The van der Waals surface area contributed by atoms with E-state index in [1.807, 2.05) is 24.4 Å². The molecule has 114 valence electrons. The molecule has 0 bridgehead atoms. The number of carbonyl (C=O) groups is 1. The van der Waals surface area contributed by atoms with E-state index in [1.54, 1.807) is 22.2 Å². The summed E-state index contributed by atoms with van der Waals surface area (Å²) in [6.45, 7) is 6.96. The Balaban J connectivity index is 1.82. The lowest BCUT2D eigenvalue weighted by Crippen LogP contribution is -2.29. The Hall–Kier alpha value is -1.73. The van der Waals surface area contributed by atoms with E-state index in [0.29, 0.717) is 12.6 Å². The molecule has 0 aromatic carbocycles. The Morgan fingerprint density at radius 1 is 1.43 bits per heavy atom. The molecule has 0 aliphatic heterocycles. The number of thiophene rings is 1. The second-order valence-electron chi connectivity index (χ2n) is 5.25. The molecule has 0 fully saturated rings. The van der Waals surface area contributed by atoms with Gasteiger partial charge < -0.3 is 10.6 Å². The van der Waals surface area contributed by atoms with Gasteiger partial charge in [-0.2, -0.15) is 0 Å². The van der Waals surface area contributed by atoms with Gasteiger partial charge in [-0.3, -0.25) is 4.79 Å². The highest BCUT2D eigenvalue weighted by Crippen LogP contribution is 2.17. The van der Waals surface area contributed by atoms with Gasteiger partial charge in [0.15, 0.2) is 0 Å². The van der Waals surface area contributed by atoms with Gasteiger partial charge in [0.1, 0.15) is 6.54 Å². The van der Waals surface area contributed by atoms with Crippen molar-refractivity contribution in [2.45, 2.75) is 45.9 Å². The van der Waals surface area contributed by atoms with Crippen LogP contribution in [0.3, 0.4) is 0 Å². The van der Waals surface area contributed by atoms with Crippen molar-refractivity contribution < 1.29 is 4.79 Å². The number of rotatable bonds is 7. The van der Waals surface area contributed by atoms with Gasteiger partial charge in [0.05, 0.1) is 17.9 Å². The fourth-order valence-electron chi connectivity index (χ4n) is 1.85. The van der Waals surface area contributed by atoms with E-state index in [4.69, 9.17) is 0 Å². The Kier molecular flexibility index (Phi) is 5.46. The molecule has 2 N–H and O–H groups in total. The first kappa shape index (κ1) is 15.7. The van der Waals surface area contributed by atoms with Crippen LogP contribution in [-0.4, -0.2) is 26.9 Å². The Morgan fingerprint density at radius 2 is 2.24 bits per heavy atom. The molecule has 0 spiro atoms. The molecule has 2 aromatic rings. The largest absolute Gasteiger partial charge is 0.347 e. The number of aromatic nitrogens is 3. The fourth-order valence-corrected chi connectivity index (χ4v) is 2.58. The zero-order chi connectivity index (χ0) is 15.2. The average Bonchev–Trinajstić information content (AvgIpc) is 3.07. The third-order valence-electron chi connectivity index (χ3n) is 2.93. The lowest BCUT2D eigenvalue weighted by Gasteiger charge is -2.11. The van der Waals surface area contributed by atoms with Gasteiger partial charge >= 0.3 is 0 Å². The molecule has 7 heteroatoms. The lowest BCUT2D eigenvalue weighted by atomic mass is 10.3. The average molecular weight is 307 g/mol. The van der Waals surface area contributed by atoms with Crippen LogP contribution in [0.2, 0.25) is 0 Å². The highest BCUT2D eigenvalue weighted by atomic mass is 32.1. The van der Waals surface area contributed by atoms with Crippen LogP contribution < -0.4 is 10.6 Å². The molecular formula is C14H21N5OS. The van der Waals surface area contributed by atoms with Crippen molar-refractivity contribution in [2.75, 3.05) is 0 Å². The minimum absolute atomic E-state index is 0.0168. The predicted molar refractivity (Wildman–Crippen MR) is 82.9 cm³/mol. The van der Waals surface area contributed by atoms with Gasteiger partial charge in [0, 0.05) is 17.5 Å². The first-order valence-electron chi connectivity index (χ1n) is 6.99. The molecule has 0 radical (unpaired) electrons. The van der Waals surface area contributed by atoms with Gasteiger partial charge in [-0.25, -0.2) is 4.68 Å². The molecule has 0 saturated carbocycles. The molecule has 6 nitrogen and oxygen atoms in total. The first-order chi connectivity index (χ1) is 10.0. The van der Waals surface area contributed by atoms with E-state index in [9.17, 15) is 4.79 Å². The van der Waals surface area contributed by atoms with Crippen LogP contribution in [-0.2, 0) is 17.9 Å². The normalized spacial score (nSPS) is 12.6.